The Hall–Kier alpha value is -1.89. The van der Waals surface area contributed by atoms with Crippen LogP contribution in [0.2, 0.25) is 0 Å². The number of aliphatic hydroxyl groups excluding tert-OH is 1. The van der Waals surface area contributed by atoms with Crippen molar-refractivity contribution in [3.8, 4) is 0 Å². The Morgan fingerprint density at radius 3 is 2.59 bits per heavy atom. The molecule has 0 atom stereocenters. The lowest BCUT2D eigenvalue weighted by molar-refractivity contribution is 0.0859. The van der Waals surface area contributed by atoms with Crippen molar-refractivity contribution in [3.05, 3.63) is 17.5 Å². The minimum absolute atomic E-state index is 0.0273. The molecule has 0 saturated heterocycles. The lowest BCUT2D eigenvalue weighted by Crippen LogP contribution is -2.46. The summed E-state index contributed by atoms with van der Waals surface area (Å²) in [6.45, 7) is 3.16. The Bertz CT molecular complexity index is 450. The average Bonchev–Trinajstić information content (AvgIpc) is 2.60. The zero-order valence-electron chi connectivity index (χ0n) is 10.0. The minimum atomic E-state index is -0.742. The highest BCUT2D eigenvalue weighted by Gasteiger charge is 2.23. The number of aryl methyl sites for hydroxylation is 1. The topological polar surface area (TPSA) is 110 Å². The number of nitrogens with two attached hydrogens (primary N) is 1. The Kier molecular flexibility index (Phi) is 3.52. The Labute approximate surface area is 98.6 Å². The predicted octanol–water partition coefficient (Wildman–Crippen LogP) is -0.980. The van der Waals surface area contributed by atoms with Gasteiger partial charge in [0.25, 0.3) is 11.8 Å². The molecule has 1 aromatic rings. The van der Waals surface area contributed by atoms with E-state index >= 15 is 0 Å². The predicted molar refractivity (Wildman–Crippen MR) is 60.4 cm³/mol. The Morgan fingerprint density at radius 1 is 1.59 bits per heavy atom. The van der Waals surface area contributed by atoms with Crippen LogP contribution in [-0.2, 0) is 7.05 Å². The first-order valence-electron chi connectivity index (χ1n) is 5.04. The molecule has 1 heterocycles. The van der Waals surface area contributed by atoms with Crippen LogP contribution in [0.25, 0.3) is 0 Å². The first-order valence-corrected chi connectivity index (χ1v) is 5.04. The van der Waals surface area contributed by atoms with Crippen LogP contribution in [0.15, 0.2) is 6.07 Å². The summed E-state index contributed by atoms with van der Waals surface area (Å²) in [4.78, 5) is 22.7. The molecule has 0 aliphatic carbocycles. The van der Waals surface area contributed by atoms with Gasteiger partial charge in [-0.2, -0.15) is 5.10 Å². The zero-order chi connectivity index (χ0) is 13.2. The second-order valence-electron chi connectivity index (χ2n) is 4.40. The van der Waals surface area contributed by atoms with Gasteiger partial charge in [-0.1, -0.05) is 0 Å². The second kappa shape index (κ2) is 4.54. The fourth-order valence-corrected chi connectivity index (χ4v) is 1.21. The molecule has 0 radical (unpaired) electrons. The van der Waals surface area contributed by atoms with Gasteiger partial charge in [-0.15, -0.1) is 0 Å². The number of carbonyl (C=O) groups excluding carboxylic acids is 2. The summed E-state index contributed by atoms with van der Waals surface area (Å²) in [6, 6.07) is 1.31. The van der Waals surface area contributed by atoms with E-state index in [1.165, 1.54) is 17.8 Å². The van der Waals surface area contributed by atoms with Crippen LogP contribution < -0.4 is 11.1 Å². The molecule has 0 saturated carbocycles. The van der Waals surface area contributed by atoms with Crippen molar-refractivity contribution in [2.45, 2.75) is 19.4 Å². The second-order valence-corrected chi connectivity index (χ2v) is 4.40. The van der Waals surface area contributed by atoms with E-state index < -0.39 is 17.4 Å². The molecule has 17 heavy (non-hydrogen) atoms. The summed E-state index contributed by atoms with van der Waals surface area (Å²) in [5.74, 6) is -1.12. The number of hydrogen-bond donors (Lipinski definition) is 3. The fraction of sp³-hybridized carbons (Fsp3) is 0.500. The number of rotatable bonds is 4. The van der Waals surface area contributed by atoms with Crippen LogP contribution in [0, 0.1) is 0 Å². The van der Waals surface area contributed by atoms with Gasteiger partial charge in [-0.05, 0) is 13.8 Å². The normalized spacial score (nSPS) is 11.3. The van der Waals surface area contributed by atoms with Gasteiger partial charge in [0.15, 0.2) is 5.69 Å². The number of hydrogen-bond acceptors (Lipinski definition) is 4. The number of aromatic nitrogens is 2. The molecule has 1 rings (SSSR count). The molecule has 7 nitrogen and oxygen atoms in total. The SMILES string of the molecule is Cn1nc(C(N)=O)cc1C(=O)NC(C)(C)CO. The van der Waals surface area contributed by atoms with Crippen LogP contribution in [0.5, 0.6) is 0 Å². The standard InChI is InChI=1S/C10H16N4O3/c1-10(2,5-15)12-9(17)7-4-6(8(11)16)13-14(7)3/h4,15H,5H2,1-3H3,(H2,11,16)(H,12,17). The maximum absolute atomic E-state index is 11.8. The van der Waals surface area contributed by atoms with Crippen molar-refractivity contribution in [1.82, 2.24) is 15.1 Å². The van der Waals surface area contributed by atoms with Crippen molar-refractivity contribution >= 4 is 11.8 Å². The summed E-state index contributed by atoms with van der Waals surface area (Å²) in [7, 11) is 1.54. The number of primary amides is 1. The van der Waals surface area contributed by atoms with Crippen molar-refractivity contribution in [2.75, 3.05) is 6.61 Å². The molecule has 2 amide bonds. The van der Waals surface area contributed by atoms with E-state index in [-0.39, 0.29) is 18.0 Å². The number of nitrogens with zero attached hydrogens (tertiary/aromatic N) is 2. The highest BCUT2D eigenvalue weighted by atomic mass is 16.3. The van der Waals surface area contributed by atoms with Gasteiger partial charge in [0, 0.05) is 13.1 Å². The van der Waals surface area contributed by atoms with E-state index in [4.69, 9.17) is 10.8 Å². The third-order valence-electron chi connectivity index (χ3n) is 2.21. The summed E-state index contributed by atoms with van der Waals surface area (Å²) < 4.78 is 1.27. The number of carbonyl (C=O) groups is 2. The van der Waals surface area contributed by atoms with Gasteiger partial charge < -0.3 is 16.2 Å². The Balaban J connectivity index is 2.93. The van der Waals surface area contributed by atoms with Crippen LogP contribution >= 0.6 is 0 Å². The molecule has 0 aliphatic rings. The van der Waals surface area contributed by atoms with Crippen LogP contribution in [0.1, 0.15) is 34.8 Å². The number of aliphatic hydroxyl groups is 1. The molecule has 7 heteroatoms. The smallest absolute Gasteiger partial charge is 0.270 e. The summed E-state index contributed by atoms with van der Waals surface area (Å²) in [5.41, 5.74) is 4.56. The van der Waals surface area contributed by atoms with Crippen LogP contribution in [0.4, 0.5) is 0 Å². The highest BCUT2D eigenvalue weighted by Crippen LogP contribution is 2.06. The molecule has 0 bridgehead atoms. The first-order chi connectivity index (χ1) is 7.76. The van der Waals surface area contributed by atoms with Gasteiger partial charge in [0.05, 0.1) is 12.1 Å². The fourth-order valence-electron chi connectivity index (χ4n) is 1.21. The van der Waals surface area contributed by atoms with Gasteiger partial charge >= 0.3 is 0 Å². The molecule has 0 spiro atoms. The van der Waals surface area contributed by atoms with Crippen LogP contribution in [-0.4, -0.2) is 38.8 Å². The van der Waals surface area contributed by atoms with E-state index in [0.717, 1.165) is 0 Å². The lowest BCUT2D eigenvalue weighted by Gasteiger charge is -2.23. The minimum Gasteiger partial charge on any atom is -0.394 e. The Morgan fingerprint density at radius 2 is 2.18 bits per heavy atom. The molecule has 94 valence electrons. The lowest BCUT2D eigenvalue weighted by atomic mass is 10.1. The summed E-state index contributed by atoms with van der Waals surface area (Å²) in [5, 5.41) is 15.5. The van der Waals surface area contributed by atoms with E-state index in [1.807, 2.05) is 0 Å². The maximum Gasteiger partial charge on any atom is 0.270 e. The van der Waals surface area contributed by atoms with Crippen molar-refractivity contribution in [3.63, 3.8) is 0 Å². The zero-order valence-corrected chi connectivity index (χ0v) is 10.0. The van der Waals surface area contributed by atoms with Crippen molar-refractivity contribution in [2.24, 2.45) is 12.8 Å². The van der Waals surface area contributed by atoms with Crippen molar-refractivity contribution < 1.29 is 14.7 Å². The number of nitrogens with one attached hydrogen (secondary N) is 1. The quantitative estimate of drug-likeness (QED) is 0.628. The van der Waals surface area contributed by atoms with Crippen molar-refractivity contribution in [1.29, 1.82) is 0 Å². The molecule has 0 aromatic carbocycles. The largest absolute Gasteiger partial charge is 0.394 e. The van der Waals surface area contributed by atoms with E-state index in [0.29, 0.717) is 0 Å². The average molecular weight is 240 g/mol. The molecule has 0 unspecified atom stereocenters. The third kappa shape index (κ3) is 3.04. The maximum atomic E-state index is 11.8. The first kappa shape index (κ1) is 13.2. The molecule has 0 aliphatic heterocycles. The third-order valence-corrected chi connectivity index (χ3v) is 2.21. The molecular formula is C10H16N4O3. The summed E-state index contributed by atoms with van der Waals surface area (Å²) in [6.07, 6.45) is 0. The van der Waals surface area contributed by atoms with Gasteiger partial charge in [-0.3, -0.25) is 14.3 Å². The number of amides is 2. The highest BCUT2D eigenvalue weighted by molar-refractivity contribution is 5.97. The van der Waals surface area contributed by atoms with E-state index in [2.05, 4.69) is 10.4 Å². The van der Waals surface area contributed by atoms with E-state index in [1.54, 1.807) is 13.8 Å². The van der Waals surface area contributed by atoms with E-state index in [9.17, 15) is 9.59 Å². The molecule has 4 N–H and O–H groups in total. The summed E-state index contributed by atoms with van der Waals surface area (Å²) >= 11 is 0. The monoisotopic (exact) mass is 240 g/mol. The van der Waals surface area contributed by atoms with Crippen LogP contribution in [0.3, 0.4) is 0 Å². The van der Waals surface area contributed by atoms with Gasteiger partial charge in [0.2, 0.25) is 0 Å². The molecule has 0 fully saturated rings. The van der Waals surface area contributed by atoms with Gasteiger partial charge in [-0.25, -0.2) is 0 Å². The molecule has 1 aromatic heterocycles. The van der Waals surface area contributed by atoms with Gasteiger partial charge in [0.1, 0.15) is 5.69 Å². The molecular weight excluding hydrogens is 224 g/mol.